The zero-order valence-electron chi connectivity index (χ0n) is 10.2. The minimum atomic E-state index is -0.297. The predicted molar refractivity (Wildman–Crippen MR) is 65.8 cm³/mol. The number of carbonyl (C=O) groups is 1. The van der Waals surface area contributed by atoms with Crippen molar-refractivity contribution in [1.29, 1.82) is 0 Å². The third-order valence-corrected chi connectivity index (χ3v) is 2.86. The molecule has 17 heavy (non-hydrogen) atoms. The maximum absolute atomic E-state index is 13.0. The van der Waals surface area contributed by atoms with Crippen molar-refractivity contribution in [3.63, 3.8) is 0 Å². The Morgan fingerprint density at radius 2 is 2.24 bits per heavy atom. The molecule has 0 bridgehead atoms. The summed E-state index contributed by atoms with van der Waals surface area (Å²) in [7, 11) is 0. The largest absolute Gasteiger partial charge is 0.349 e. The zero-order valence-corrected chi connectivity index (χ0v) is 10.2. The number of amides is 1. The van der Waals surface area contributed by atoms with Gasteiger partial charge in [-0.2, -0.15) is 0 Å². The van der Waals surface area contributed by atoms with Gasteiger partial charge in [-0.25, -0.2) is 4.39 Å². The first-order valence-electron chi connectivity index (χ1n) is 5.84. The summed E-state index contributed by atoms with van der Waals surface area (Å²) >= 11 is 0. The van der Waals surface area contributed by atoms with Crippen molar-refractivity contribution in [3.05, 3.63) is 35.6 Å². The Morgan fingerprint density at radius 3 is 2.76 bits per heavy atom. The summed E-state index contributed by atoms with van der Waals surface area (Å²) in [6.45, 7) is 4.08. The molecule has 0 heterocycles. The normalized spacial score (nSPS) is 14.1. The fraction of sp³-hybridized carbons (Fsp3) is 0.462. The van der Waals surface area contributed by atoms with E-state index in [-0.39, 0.29) is 23.7 Å². The average molecular weight is 238 g/mol. The summed E-state index contributed by atoms with van der Waals surface area (Å²) in [6.07, 6.45) is 0.707. The second-order valence-electron chi connectivity index (χ2n) is 4.13. The number of hydrogen-bond acceptors (Lipinski definition) is 2. The van der Waals surface area contributed by atoms with Crippen molar-refractivity contribution in [2.75, 3.05) is 6.54 Å². The van der Waals surface area contributed by atoms with Crippen LogP contribution in [0.5, 0.6) is 0 Å². The molecule has 0 aliphatic heterocycles. The summed E-state index contributed by atoms with van der Waals surface area (Å²) in [5, 5.41) is 2.84. The molecule has 2 atom stereocenters. The number of halogens is 1. The van der Waals surface area contributed by atoms with Crippen LogP contribution < -0.4 is 11.1 Å². The molecule has 0 radical (unpaired) electrons. The van der Waals surface area contributed by atoms with Gasteiger partial charge in [0, 0.05) is 12.5 Å². The number of rotatable bonds is 5. The fourth-order valence-electron chi connectivity index (χ4n) is 1.65. The van der Waals surface area contributed by atoms with Crippen molar-refractivity contribution in [2.24, 2.45) is 11.7 Å². The minimum absolute atomic E-state index is 0.0771. The van der Waals surface area contributed by atoms with Gasteiger partial charge in [0.1, 0.15) is 5.82 Å². The number of carbonyl (C=O) groups excluding carboxylic acids is 1. The van der Waals surface area contributed by atoms with E-state index in [1.54, 1.807) is 12.1 Å². The van der Waals surface area contributed by atoms with E-state index in [2.05, 4.69) is 5.32 Å². The van der Waals surface area contributed by atoms with Gasteiger partial charge in [-0.1, -0.05) is 19.1 Å². The first kappa shape index (κ1) is 13.6. The molecular formula is C13H19FN2O. The van der Waals surface area contributed by atoms with Crippen LogP contribution in [0.3, 0.4) is 0 Å². The molecule has 0 spiro atoms. The molecular weight excluding hydrogens is 219 g/mol. The first-order valence-corrected chi connectivity index (χ1v) is 5.84. The second-order valence-corrected chi connectivity index (χ2v) is 4.13. The molecule has 1 aromatic carbocycles. The van der Waals surface area contributed by atoms with Gasteiger partial charge in [0.15, 0.2) is 0 Å². The van der Waals surface area contributed by atoms with Crippen LogP contribution in [0.2, 0.25) is 0 Å². The van der Waals surface area contributed by atoms with Crippen molar-refractivity contribution in [2.45, 2.75) is 26.3 Å². The van der Waals surface area contributed by atoms with E-state index in [1.807, 2.05) is 13.8 Å². The quantitative estimate of drug-likeness (QED) is 0.824. The van der Waals surface area contributed by atoms with Crippen LogP contribution in [-0.2, 0) is 4.79 Å². The third kappa shape index (κ3) is 3.82. The van der Waals surface area contributed by atoms with Crippen LogP contribution in [0.15, 0.2) is 24.3 Å². The molecule has 0 aliphatic carbocycles. The minimum Gasteiger partial charge on any atom is -0.349 e. The van der Waals surface area contributed by atoms with Gasteiger partial charge in [-0.3, -0.25) is 4.79 Å². The highest BCUT2D eigenvalue weighted by Gasteiger charge is 2.17. The van der Waals surface area contributed by atoms with E-state index in [1.165, 1.54) is 12.1 Å². The molecule has 4 heteroatoms. The number of nitrogens with one attached hydrogen (secondary N) is 1. The highest BCUT2D eigenvalue weighted by Crippen LogP contribution is 2.14. The van der Waals surface area contributed by atoms with Crippen LogP contribution in [0.1, 0.15) is 31.9 Å². The van der Waals surface area contributed by atoms with Crippen LogP contribution in [0.25, 0.3) is 0 Å². The second kappa shape index (κ2) is 6.35. The van der Waals surface area contributed by atoms with Crippen LogP contribution in [0, 0.1) is 11.7 Å². The maximum Gasteiger partial charge on any atom is 0.224 e. The molecule has 2 unspecified atom stereocenters. The Balaban J connectivity index is 2.66. The van der Waals surface area contributed by atoms with Gasteiger partial charge >= 0.3 is 0 Å². The SMILES string of the molecule is CCC(CN)C(=O)NC(C)c1cccc(F)c1. The lowest BCUT2D eigenvalue weighted by Crippen LogP contribution is -2.36. The van der Waals surface area contributed by atoms with E-state index in [0.717, 1.165) is 5.56 Å². The molecule has 94 valence electrons. The summed E-state index contributed by atoms with van der Waals surface area (Å²) in [6, 6.07) is 6.02. The molecule has 1 rings (SSSR count). The first-order chi connectivity index (χ1) is 8.08. The van der Waals surface area contributed by atoms with Gasteiger partial charge in [-0.15, -0.1) is 0 Å². The van der Waals surface area contributed by atoms with Gasteiger partial charge in [0.05, 0.1) is 6.04 Å². The third-order valence-electron chi connectivity index (χ3n) is 2.86. The summed E-state index contributed by atoms with van der Waals surface area (Å²) in [4.78, 5) is 11.8. The standard InChI is InChI=1S/C13H19FN2O/c1-3-10(8-15)13(17)16-9(2)11-5-4-6-12(14)7-11/h4-7,9-10H,3,8,15H2,1-2H3,(H,16,17). The Bertz CT molecular complexity index is 377. The fourth-order valence-corrected chi connectivity index (χ4v) is 1.65. The Morgan fingerprint density at radius 1 is 1.53 bits per heavy atom. The van der Waals surface area contributed by atoms with Crippen LogP contribution in [-0.4, -0.2) is 12.5 Å². The lowest BCUT2D eigenvalue weighted by atomic mass is 10.0. The molecule has 0 saturated heterocycles. The zero-order chi connectivity index (χ0) is 12.8. The molecule has 0 aliphatic rings. The van der Waals surface area contributed by atoms with Crippen molar-refractivity contribution in [3.8, 4) is 0 Å². The monoisotopic (exact) mass is 238 g/mol. The van der Waals surface area contributed by atoms with E-state index in [4.69, 9.17) is 5.73 Å². The van der Waals surface area contributed by atoms with Crippen molar-refractivity contribution >= 4 is 5.91 Å². The maximum atomic E-state index is 13.0. The number of nitrogens with two attached hydrogens (primary N) is 1. The van der Waals surface area contributed by atoms with E-state index in [0.29, 0.717) is 13.0 Å². The highest BCUT2D eigenvalue weighted by atomic mass is 19.1. The van der Waals surface area contributed by atoms with Crippen molar-refractivity contribution in [1.82, 2.24) is 5.32 Å². The molecule has 0 aromatic heterocycles. The molecule has 1 aromatic rings. The predicted octanol–water partition coefficient (Wildman–Crippen LogP) is 1.99. The molecule has 3 N–H and O–H groups in total. The van der Waals surface area contributed by atoms with Gasteiger partial charge in [-0.05, 0) is 31.0 Å². The number of hydrogen-bond donors (Lipinski definition) is 2. The number of benzene rings is 1. The lowest BCUT2D eigenvalue weighted by Gasteiger charge is -2.18. The van der Waals surface area contributed by atoms with E-state index < -0.39 is 0 Å². The smallest absolute Gasteiger partial charge is 0.224 e. The molecule has 0 fully saturated rings. The summed E-state index contributed by atoms with van der Waals surface area (Å²) < 4.78 is 13.0. The van der Waals surface area contributed by atoms with E-state index >= 15 is 0 Å². The average Bonchev–Trinajstić information content (AvgIpc) is 2.30. The summed E-state index contributed by atoms with van der Waals surface area (Å²) in [5.41, 5.74) is 6.26. The van der Waals surface area contributed by atoms with Gasteiger partial charge in [0.25, 0.3) is 0 Å². The van der Waals surface area contributed by atoms with Gasteiger partial charge < -0.3 is 11.1 Å². The molecule has 1 amide bonds. The Labute approximate surface area is 101 Å². The van der Waals surface area contributed by atoms with Crippen molar-refractivity contribution < 1.29 is 9.18 Å². The van der Waals surface area contributed by atoms with Gasteiger partial charge in [0.2, 0.25) is 5.91 Å². The van der Waals surface area contributed by atoms with Crippen LogP contribution >= 0.6 is 0 Å². The Hall–Kier alpha value is -1.42. The summed E-state index contributed by atoms with van der Waals surface area (Å²) in [5.74, 6) is -0.549. The molecule has 0 saturated carbocycles. The van der Waals surface area contributed by atoms with Crippen LogP contribution in [0.4, 0.5) is 4.39 Å². The lowest BCUT2D eigenvalue weighted by molar-refractivity contribution is -0.125. The van der Waals surface area contributed by atoms with E-state index in [9.17, 15) is 9.18 Å². The molecule has 3 nitrogen and oxygen atoms in total. The Kier molecular flexibility index (Phi) is 5.10. The topological polar surface area (TPSA) is 55.1 Å². The highest BCUT2D eigenvalue weighted by molar-refractivity contribution is 5.79.